The summed E-state index contributed by atoms with van der Waals surface area (Å²) in [4.78, 5) is 12.3. The van der Waals surface area contributed by atoms with E-state index in [4.69, 9.17) is 9.47 Å². The van der Waals surface area contributed by atoms with E-state index in [1.165, 1.54) is 0 Å². The number of carbonyl (C=O) groups excluding carboxylic acids is 1. The van der Waals surface area contributed by atoms with Gasteiger partial charge in [0.25, 0.3) is 0 Å². The van der Waals surface area contributed by atoms with Gasteiger partial charge in [-0.05, 0) is 24.3 Å². The van der Waals surface area contributed by atoms with E-state index >= 15 is 0 Å². The summed E-state index contributed by atoms with van der Waals surface area (Å²) in [5.41, 5.74) is 0.551. The lowest BCUT2D eigenvalue weighted by atomic mass is 10.2. The minimum Gasteiger partial charge on any atom is -0.454 e. The fourth-order valence-corrected chi connectivity index (χ4v) is 1.25. The van der Waals surface area contributed by atoms with Crippen LogP contribution in [0.3, 0.4) is 0 Å². The van der Waals surface area contributed by atoms with Gasteiger partial charge in [0.1, 0.15) is 6.10 Å². The molecule has 1 aromatic carbocycles. The number of carbonyl (C=O) groups is 1. The molecule has 0 aliphatic carbocycles. The number of hydrogen-bond acceptors (Lipinski definition) is 4. The van der Waals surface area contributed by atoms with Crippen molar-refractivity contribution in [2.75, 3.05) is 13.2 Å². The first-order chi connectivity index (χ1) is 6.75. The summed E-state index contributed by atoms with van der Waals surface area (Å²) in [6, 6.07) is 6.92. The summed E-state index contributed by atoms with van der Waals surface area (Å²) in [7, 11) is 0. The lowest BCUT2D eigenvalue weighted by Gasteiger charge is -2.25. The van der Waals surface area contributed by atoms with Gasteiger partial charge < -0.3 is 9.47 Å². The second kappa shape index (κ2) is 4.02. The normalized spacial score (nSPS) is 16.1. The van der Waals surface area contributed by atoms with Crippen LogP contribution in [0.25, 0.3) is 0 Å². The van der Waals surface area contributed by atoms with Crippen LogP contribution in [0.2, 0.25) is 0 Å². The standard InChI is InChI=1S/C10H10O3S/c11-10(13-8-5-12-6-8)7-1-3-9(14)4-2-7/h1-4,8,14H,5-6H2. The highest BCUT2D eigenvalue weighted by atomic mass is 32.1. The van der Waals surface area contributed by atoms with Crippen LogP contribution in [-0.2, 0) is 9.47 Å². The molecule has 0 saturated carbocycles. The van der Waals surface area contributed by atoms with E-state index in [0.717, 1.165) is 4.90 Å². The van der Waals surface area contributed by atoms with Crippen LogP contribution in [0.1, 0.15) is 10.4 Å². The molecule has 2 rings (SSSR count). The Hall–Kier alpha value is -1.00. The molecule has 1 saturated heterocycles. The highest BCUT2D eigenvalue weighted by Crippen LogP contribution is 2.12. The van der Waals surface area contributed by atoms with Gasteiger partial charge in [0.05, 0.1) is 18.8 Å². The van der Waals surface area contributed by atoms with Crippen molar-refractivity contribution in [1.82, 2.24) is 0 Å². The van der Waals surface area contributed by atoms with Crippen LogP contribution in [0.5, 0.6) is 0 Å². The van der Waals surface area contributed by atoms with Crippen LogP contribution in [-0.4, -0.2) is 25.3 Å². The topological polar surface area (TPSA) is 35.5 Å². The predicted molar refractivity (Wildman–Crippen MR) is 53.7 cm³/mol. The zero-order chi connectivity index (χ0) is 9.97. The minimum absolute atomic E-state index is 0.0711. The van der Waals surface area contributed by atoms with Crippen molar-refractivity contribution in [2.45, 2.75) is 11.0 Å². The Morgan fingerprint density at radius 3 is 2.50 bits per heavy atom. The second-order valence-corrected chi connectivity index (χ2v) is 3.63. The molecule has 3 nitrogen and oxygen atoms in total. The van der Waals surface area contributed by atoms with Crippen molar-refractivity contribution < 1.29 is 14.3 Å². The van der Waals surface area contributed by atoms with Crippen molar-refractivity contribution in [2.24, 2.45) is 0 Å². The monoisotopic (exact) mass is 210 g/mol. The third-order valence-corrected chi connectivity index (χ3v) is 2.28. The zero-order valence-electron chi connectivity index (χ0n) is 7.47. The zero-order valence-corrected chi connectivity index (χ0v) is 8.37. The Bertz CT molecular complexity index is 330. The number of thiol groups is 1. The fraction of sp³-hybridized carbons (Fsp3) is 0.300. The first-order valence-electron chi connectivity index (χ1n) is 4.33. The van der Waals surface area contributed by atoms with Crippen LogP contribution in [0.15, 0.2) is 29.2 Å². The third-order valence-electron chi connectivity index (χ3n) is 1.98. The average molecular weight is 210 g/mol. The van der Waals surface area contributed by atoms with Gasteiger partial charge >= 0.3 is 5.97 Å². The van der Waals surface area contributed by atoms with Crippen LogP contribution < -0.4 is 0 Å². The van der Waals surface area contributed by atoms with E-state index in [0.29, 0.717) is 18.8 Å². The molecule has 0 bridgehead atoms. The molecule has 1 aliphatic rings. The van der Waals surface area contributed by atoms with Crippen molar-refractivity contribution in [3.05, 3.63) is 29.8 Å². The molecule has 0 atom stereocenters. The average Bonchev–Trinajstić information content (AvgIpc) is 2.12. The van der Waals surface area contributed by atoms with E-state index < -0.39 is 0 Å². The number of rotatable bonds is 2. The Balaban J connectivity index is 1.99. The highest BCUT2D eigenvalue weighted by Gasteiger charge is 2.23. The van der Waals surface area contributed by atoms with Crippen molar-refractivity contribution in [3.8, 4) is 0 Å². The predicted octanol–water partition coefficient (Wildman–Crippen LogP) is 1.53. The lowest BCUT2D eigenvalue weighted by Crippen LogP contribution is -2.37. The maximum Gasteiger partial charge on any atom is 0.338 e. The molecule has 0 aromatic heterocycles. The maximum atomic E-state index is 11.5. The Morgan fingerprint density at radius 1 is 1.36 bits per heavy atom. The molecule has 0 radical (unpaired) electrons. The molecule has 0 spiro atoms. The molecule has 0 unspecified atom stereocenters. The van der Waals surface area contributed by atoms with E-state index in [9.17, 15) is 4.79 Å². The lowest BCUT2D eigenvalue weighted by molar-refractivity contribution is -0.103. The van der Waals surface area contributed by atoms with Gasteiger partial charge in [0, 0.05) is 4.90 Å². The molecule has 1 aliphatic heterocycles. The summed E-state index contributed by atoms with van der Waals surface area (Å²) in [6.07, 6.45) is -0.0711. The van der Waals surface area contributed by atoms with Gasteiger partial charge in [-0.3, -0.25) is 0 Å². The summed E-state index contributed by atoms with van der Waals surface area (Å²) < 4.78 is 10.0. The first kappa shape index (κ1) is 9.55. The van der Waals surface area contributed by atoms with Gasteiger partial charge in [0.15, 0.2) is 0 Å². The summed E-state index contributed by atoms with van der Waals surface area (Å²) in [5.74, 6) is -0.299. The van der Waals surface area contributed by atoms with E-state index in [2.05, 4.69) is 12.6 Å². The summed E-state index contributed by atoms with van der Waals surface area (Å²) in [5, 5.41) is 0. The molecule has 0 amide bonds. The smallest absolute Gasteiger partial charge is 0.338 e. The van der Waals surface area contributed by atoms with Crippen LogP contribution >= 0.6 is 12.6 Å². The quantitative estimate of drug-likeness (QED) is 0.594. The Morgan fingerprint density at radius 2 is 2.00 bits per heavy atom. The largest absolute Gasteiger partial charge is 0.454 e. The maximum absolute atomic E-state index is 11.5. The second-order valence-electron chi connectivity index (χ2n) is 3.11. The summed E-state index contributed by atoms with van der Waals surface area (Å²) in [6.45, 7) is 1.02. The van der Waals surface area contributed by atoms with Gasteiger partial charge in [0.2, 0.25) is 0 Å². The van der Waals surface area contributed by atoms with Crippen molar-refractivity contribution in [1.29, 1.82) is 0 Å². The third kappa shape index (κ3) is 2.08. The molecule has 0 N–H and O–H groups in total. The first-order valence-corrected chi connectivity index (χ1v) is 4.78. The number of hydrogen-bond donors (Lipinski definition) is 1. The van der Waals surface area contributed by atoms with E-state index in [1.54, 1.807) is 24.3 Å². The highest BCUT2D eigenvalue weighted by molar-refractivity contribution is 7.80. The Labute approximate surface area is 87.4 Å². The SMILES string of the molecule is O=C(OC1COC1)c1ccc(S)cc1. The van der Waals surface area contributed by atoms with Gasteiger partial charge in [-0.25, -0.2) is 4.79 Å². The Kier molecular flexibility index (Phi) is 2.74. The van der Waals surface area contributed by atoms with Crippen LogP contribution in [0, 0.1) is 0 Å². The molecule has 1 heterocycles. The van der Waals surface area contributed by atoms with Gasteiger partial charge in [-0.2, -0.15) is 0 Å². The van der Waals surface area contributed by atoms with Crippen molar-refractivity contribution in [3.63, 3.8) is 0 Å². The van der Waals surface area contributed by atoms with E-state index in [-0.39, 0.29) is 12.1 Å². The van der Waals surface area contributed by atoms with Crippen molar-refractivity contribution >= 4 is 18.6 Å². The molecular formula is C10H10O3S. The molecule has 74 valence electrons. The molecular weight excluding hydrogens is 200 g/mol. The number of ether oxygens (including phenoxy) is 2. The molecule has 1 aromatic rings. The van der Waals surface area contributed by atoms with Gasteiger partial charge in [-0.15, -0.1) is 12.6 Å². The van der Waals surface area contributed by atoms with Gasteiger partial charge in [-0.1, -0.05) is 0 Å². The fourth-order valence-electron chi connectivity index (χ4n) is 1.10. The molecule has 4 heteroatoms. The number of esters is 1. The molecule has 1 fully saturated rings. The molecule has 14 heavy (non-hydrogen) atoms. The minimum atomic E-state index is -0.299. The van der Waals surface area contributed by atoms with Crippen LogP contribution in [0.4, 0.5) is 0 Å². The summed E-state index contributed by atoms with van der Waals surface area (Å²) >= 11 is 4.13. The number of benzene rings is 1. The van der Waals surface area contributed by atoms with E-state index in [1.807, 2.05) is 0 Å².